The monoisotopic (exact) mass is 482 g/mol. The average Bonchev–Trinajstić information content (AvgIpc) is 3.25. The van der Waals surface area contributed by atoms with Crippen LogP contribution in [0.5, 0.6) is 5.75 Å². The van der Waals surface area contributed by atoms with E-state index in [9.17, 15) is 13.2 Å². The molecule has 0 fully saturated rings. The molecule has 8 nitrogen and oxygen atoms in total. The van der Waals surface area contributed by atoms with Crippen LogP contribution in [0.25, 0.3) is 10.2 Å². The number of hydrogen-bond donors (Lipinski definition) is 0. The third kappa shape index (κ3) is 4.72. The topological polar surface area (TPSA) is 92.7 Å². The van der Waals surface area contributed by atoms with Crippen LogP contribution in [0.4, 0.5) is 5.13 Å². The number of rotatable bonds is 7. The second-order valence-corrected chi connectivity index (χ2v) is 10.5. The number of fused-ring (bicyclic) bond motifs is 1. The minimum atomic E-state index is -3.59. The summed E-state index contributed by atoms with van der Waals surface area (Å²) in [4.78, 5) is 24.2. The predicted octanol–water partition coefficient (Wildman–Crippen LogP) is 3.80. The van der Waals surface area contributed by atoms with Crippen LogP contribution < -0.4 is 9.64 Å². The van der Waals surface area contributed by atoms with E-state index >= 15 is 0 Å². The van der Waals surface area contributed by atoms with Crippen LogP contribution in [0.15, 0.2) is 71.8 Å². The molecule has 33 heavy (non-hydrogen) atoms. The third-order valence-electron chi connectivity index (χ3n) is 4.99. The number of thiazole rings is 1. The SMILES string of the molecule is COc1ccc2nc(N(Cc3ccccn3)C(=O)c3ccc(S(=O)(=O)N(C)C)cc3)sc2c1. The first-order valence-corrected chi connectivity index (χ1v) is 12.2. The van der Waals surface area contributed by atoms with Gasteiger partial charge in [0.15, 0.2) is 5.13 Å². The molecule has 0 saturated carbocycles. The summed E-state index contributed by atoms with van der Waals surface area (Å²) in [6, 6.07) is 16.9. The van der Waals surface area contributed by atoms with Gasteiger partial charge in [0.1, 0.15) is 5.75 Å². The number of ether oxygens (including phenoxy) is 1. The van der Waals surface area contributed by atoms with Gasteiger partial charge in [0.25, 0.3) is 5.91 Å². The Balaban J connectivity index is 1.72. The summed E-state index contributed by atoms with van der Waals surface area (Å²) in [5.41, 5.74) is 1.80. The van der Waals surface area contributed by atoms with E-state index in [0.717, 1.165) is 14.5 Å². The molecule has 4 rings (SSSR count). The number of methoxy groups -OCH3 is 1. The van der Waals surface area contributed by atoms with Gasteiger partial charge in [-0.15, -0.1) is 0 Å². The molecule has 0 atom stereocenters. The van der Waals surface area contributed by atoms with E-state index in [1.54, 1.807) is 18.2 Å². The molecule has 0 aliphatic carbocycles. The molecule has 0 saturated heterocycles. The Morgan fingerprint density at radius 1 is 1.06 bits per heavy atom. The van der Waals surface area contributed by atoms with Gasteiger partial charge in [-0.05, 0) is 54.6 Å². The summed E-state index contributed by atoms with van der Waals surface area (Å²) < 4.78 is 32.0. The first kappa shape index (κ1) is 22.8. The van der Waals surface area contributed by atoms with Gasteiger partial charge in [-0.25, -0.2) is 17.7 Å². The maximum absolute atomic E-state index is 13.5. The summed E-state index contributed by atoms with van der Waals surface area (Å²) in [7, 11) is 0.936. The van der Waals surface area contributed by atoms with Crippen LogP contribution >= 0.6 is 11.3 Å². The van der Waals surface area contributed by atoms with Crippen LogP contribution in [0.3, 0.4) is 0 Å². The third-order valence-corrected chi connectivity index (χ3v) is 7.86. The van der Waals surface area contributed by atoms with Crippen LogP contribution in [-0.2, 0) is 16.6 Å². The molecule has 2 aromatic carbocycles. The molecule has 0 spiro atoms. The lowest BCUT2D eigenvalue weighted by atomic mass is 10.2. The first-order valence-electron chi connectivity index (χ1n) is 9.98. The summed E-state index contributed by atoms with van der Waals surface area (Å²) in [5, 5.41) is 0.513. The molecule has 0 radical (unpaired) electrons. The summed E-state index contributed by atoms with van der Waals surface area (Å²) in [6.45, 7) is 0.217. The Morgan fingerprint density at radius 2 is 1.82 bits per heavy atom. The highest BCUT2D eigenvalue weighted by atomic mass is 32.2. The summed E-state index contributed by atoms with van der Waals surface area (Å²) >= 11 is 1.37. The van der Waals surface area contributed by atoms with Gasteiger partial charge in [0, 0.05) is 25.9 Å². The Kier molecular flexibility index (Phi) is 6.41. The van der Waals surface area contributed by atoms with Crippen molar-refractivity contribution in [3.05, 3.63) is 78.1 Å². The van der Waals surface area contributed by atoms with Gasteiger partial charge in [0.2, 0.25) is 10.0 Å². The first-order chi connectivity index (χ1) is 15.8. The Bertz CT molecular complexity index is 1390. The van der Waals surface area contributed by atoms with Crippen molar-refractivity contribution < 1.29 is 17.9 Å². The largest absolute Gasteiger partial charge is 0.497 e. The zero-order valence-electron chi connectivity index (χ0n) is 18.3. The highest BCUT2D eigenvalue weighted by Gasteiger charge is 2.24. The molecule has 0 N–H and O–H groups in total. The molecular formula is C23H22N4O4S2. The Labute approximate surface area is 196 Å². The Hall–Kier alpha value is -3.34. The molecule has 0 aliphatic rings. The van der Waals surface area contributed by atoms with Crippen molar-refractivity contribution in [2.75, 3.05) is 26.1 Å². The van der Waals surface area contributed by atoms with E-state index in [0.29, 0.717) is 22.1 Å². The van der Waals surface area contributed by atoms with E-state index in [1.165, 1.54) is 49.7 Å². The molecular weight excluding hydrogens is 460 g/mol. The van der Waals surface area contributed by atoms with Crippen LogP contribution in [0.1, 0.15) is 16.1 Å². The van der Waals surface area contributed by atoms with Crippen molar-refractivity contribution in [3.63, 3.8) is 0 Å². The molecule has 4 aromatic rings. The fourth-order valence-corrected chi connectivity index (χ4v) is 5.04. The quantitative estimate of drug-likeness (QED) is 0.398. The van der Waals surface area contributed by atoms with E-state index in [1.807, 2.05) is 36.4 Å². The van der Waals surface area contributed by atoms with Crippen LogP contribution in [0.2, 0.25) is 0 Å². The van der Waals surface area contributed by atoms with Crippen molar-refractivity contribution in [1.82, 2.24) is 14.3 Å². The van der Waals surface area contributed by atoms with E-state index in [-0.39, 0.29) is 17.3 Å². The number of carbonyl (C=O) groups is 1. The number of amides is 1. The summed E-state index contributed by atoms with van der Waals surface area (Å²) in [6.07, 6.45) is 1.67. The van der Waals surface area contributed by atoms with Crippen molar-refractivity contribution in [2.45, 2.75) is 11.4 Å². The maximum atomic E-state index is 13.5. The van der Waals surface area contributed by atoms with E-state index in [2.05, 4.69) is 9.97 Å². The number of carbonyl (C=O) groups excluding carboxylic acids is 1. The molecule has 170 valence electrons. The smallest absolute Gasteiger partial charge is 0.260 e. The second kappa shape index (κ2) is 9.26. The number of anilines is 1. The molecule has 0 unspecified atom stereocenters. The molecule has 10 heteroatoms. The Morgan fingerprint density at radius 3 is 2.45 bits per heavy atom. The van der Waals surface area contributed by atoms with Crippen LogP contribution in [0, 0.1) is 0 Å². The van der Waals surface area contributed by atoms with Gasteiger partial charge in [-0.3, -0.25) is 14.7 Å². The number of sulfonamides is 1. The van der Waals surface area contributed by atoms with Crippen molar-refractivity contribution in [3.8, 4) is 5.75 Å². The fraction of sp³-hybridized carbons (Fsp3) is 0.174. The average molecular weight is 483 g/mol. The molecule has 2 heterocycles. The van der Waals surface area contributed by atoms with Crippen LogP contribution in [-0.4, -0.2) is 49.8 Å². The number of aromatic nitrogens is 2. The van der Waals surface area contributed by atoms with Gasteiger partial charge >= 0.3 is 0 Å². The molecule has 2 aromatic heterocycles. The van der Waals surface area contributed by atoms with E-state index in [4.69, 9.17) is 4.74 Å². The minimum absolute atomic E-state index is 0.118. The van der Waals surface area contributed by atoms with Gasteiger partial charge < -0.3 is 4.74 Å². The number of hydrogen-bond acceptors (Lipinski definition) is 7. The van der Waals surface area contributed by atoms with Crippen molar-refractivity contribution in [1.29, 1.82) is 0 Å². The zero-order chi connectivity index (χ0) is 23.6. The normalized spacial score (nSPS) is 11.6. The summed E-state index contributed by atoms with van der Waals surface area (Å²) in [5.74, 6) is 0.401. The number of pyridine rings is 1. The zero-order valence-corrected chi connectivity index (χ0v) is 19.9. The van der Waals surface area contributed by atoms with Crippen molar-refractivity contribution >= 4 is 42.6 Å². The van der Waals surface area contributed by atoms with Gasteiger partial charge in [-0.1, -0.05) is 17.4 Å². The maximum Gasteiger partial charge on any atom is 0.260 e. The highest BCUT2D eigenvalue weighted by Crippen LogP contribution is 2.33. The lowest BCUT2D eigenvalue weighted by Crippen LogP contribution is -2.30. The second-order valence-electron chi connectivity index (χ2n) is 7.35. The minimum Gasteiger partial charge on any atom is -0.497 e. The number of nitrogens with zero attached hydrogens (tertiary/aromatic N) is 4. The molecule has 0 aliphatic heterocycles. The van der Waals surface area contributed by atoms with Gasteiger partial charge in [0.05, 0.1) is 34.5 Å². The molecule has 0 bridgehead atoms. The highest BCUT2D eigenvalue weighted by molar-refractivity contribution is 7.89. The van der Waals surface area contributed by atoms with E-state index < -0.39 is 10.0 Å². The predicted molar refractivity (Wildman–Crippen MR) is 128 cm³/mol. The number of benzene rings is 2. The lowest BCUT2D eigenvalue weighted by molar-refractivity contribution is 0.0984. The van der Waals surface area contributed by atoms with Crippen molar-refractivity contribution in [2.24, 2.45) is 0 Å². The standard InChI is InChI=1S/C23H22N4O4S2/c1-26(2)33(29,30)19-10-7-16(8-11-19)22(28)27(15-17-6-4-5-13-24-17)23-25-20-12-9-18(31-3)14-21(20)32-23/h4-14H,15H2,1-3H3. The molecule has 1 amide bonds. The lowest BCUT2D eigenvalue weighted by Gasteiger charge is -2.20. The van der Waals surface area contributed by atoms with Gasteiger partial charge in [-0.2, -0.15) is 0 Å². The fourth-order valence-electron chi connectivity index (χ4n) is 3.15.